The van der Waals surface area contributed by atoms with Crippen LogP contribution in [0.15, 0.2) is 24.3 Å². The summed E-state index contributed by atoms with van der Waals surface area (Å²) in [7, 11) is 0. The normalized spacial score (nSPS) is 18.5. The van der Waals surface area contributed by atoms with E-state index in [0.717, 1.165) is 42.7 Å². The lowest BCUT2D eigenvalue weighted by Gasteiger charge is -2.30. The van der Waals surface area contributed by atoms with Crippen LogP contribution in [0.4, 0.5) is 4.39 Å². The smallest absolute Gasteiger partial charge is 0.123 e. The molecular formula is C16H20FNOS. The van der Waals surface area contributed by atoms with Gasteiger partial charge in [-0.3, -0.25) is 0 Å². The number of hydrogen-bond donors (Lipinski definition) is 1. The standard InChI is InChI=1S/C16H20FNOS/c1-2-18-16(11-5-7-19-8-6-11)15-10-12-9-13(17)3-4-14(12)20-15/h3-4,9-11,16,18H,2,5-8H2,1H3. The molecule has 0 bridgehead atoms. The third kappa shape index (κ3) is 2.87. The molecule has 2 heterocycles. The Morgan fingerprint density at radius 2 is 2.15 bits per heavy atom. The molecular weight excluding hydrogens is 273 g/mol. The van der Waals surface area contributed by atoms with Crippen LogP contribution in [0.2, 0.25) is 0 Å². The van der Waals surface area contributed by atoms with E-state index in [4.69, 9.17) is 4.74 Å². The monoisotopic (exact) mass is 293 g/mol. The van der Waals surface area contributed by atoms with Crippen molar-refractivity contribution in [3.63, 3.8) is 0 Å². The van der Waals surface area contributed by atoms with Crippen LogP contribution < -0.4 is 5.32 Å². The minimum absolute atomic E-state index is 0.159. The van der Waals surface area contributed by atoms with Crippen molar-refractivity contribution in [3.05, 3.63) is 35.0 Å². The average molecular weight is 293 g/mol. The first kappa shape index (κ1) is 14.0. The molecule has 0 spiro atoms. The molecule has 0 aliphatic carbocycles. The minimum atomic E-state index is -0.159. The van der Waals surface area contributed by atoms with Crippen LogP contribution in [-0.2, 0) is 4.74 Å². The lowest BCUT2D eigenvalue weighted by molar-refractivity contribution is 0.0543. The number of halogens is 1. The Morgan fingerprint density at radius 3 is 2.90 bits per heavy atom. The third-order valence-electron chi connectivity index (χ3n) is 3.97. The van der Waals surface area contributed by atoms with Gasteiger partial charge in [0.15, 0.2) is 0 Å². The molecule has 0 radical (unpaired) electrons. The zero-order chi connectivity index (χ0) is 13.9. The Labute approximate surface area is 122 Å². The summed E-state index contributed by atoms with van der Waals surface area (Å²) < 4.78 is 20.0. The fourth-order valence-corrected chi connectivity index (χ4v) is 4.17. The van der Waals surface area contributed by atoms with E-state index in [1.807, 2.05) is 6.07 Å². The predicted molar refractivity (Wildman–Crippen MR) is 81.7 cm³/mol. The zero-order valence-corrected chi connectivity index (χ0v) is 12.5. The summed E-state index contributed by atoms with van der Waals surface area (Å²) in [6.07, 6.45) is 2.19. The van der Waals surface area contributed by atoms with Gasteiger partial charge in [-0.05, 0) is 55.0 Å². The Bertz CT molecular complexity index is 577. The number of hydrogen-bond acceptors (Lipinski definition) is 3. The molecule has 20 heavy (non-hydrogen) atoms. The van der Waals surface area contributed by atoms with E-state index >= 15 is 0 Å². The van der Waals surface area contributed by atoms with Gasteiger partial charge in [-0.25, -0.2) is 4.39 Å². The lowest BCUT2D eigenvalue weighted by atomic mass is 9.90. The van der Waals surface area contributed by atoms with Crippen LogP contribution in [0.5, 0.6) is 0 Å². The number of benzene rings is 1. The van der Waals surface area contributed by atoms with Crippen molar-refractivity contribution in [3.8, 4) is 0 Å². The number of nitrogens with one attached hydrogen (secondary N) is 1. The minimum Gasteiger partial charge on any atom is -0.381 e. The first-order valence-electron chi connectivity index (χ1n) is 7.28. The maximum atomic E-state index is 13.3. The van der Waals surface area contributed by atoms with E-state index in [0.29, 0.717) is 12.0 Å². The van der Waals surface area contributed by atoms with Crippen LogP contribution >= 0.6 is 11.3 Å². The third-order valence-corrected chi connectivity index (χ3v) is 5.16. The second-order valence-corrected chi connectivity index (χ2v) is 6.43. The second-order valence-electron chi connectivity index (χ2n) is 5.32. The van der Waals surface area contributed by atoms with Gasteiger partial charge >= 0.3 is 0 Å². The largest absolute Gasteiger partial charge is 0.381 e. The highest BCUT2D eigenvalue weighted by Gasteiger charge is 2.26. The summed E-state index contributed by atoms with van der Waals surface area (Å²) in [6.45, 7) is 4.79. The summed E-state index contributed by atoms with van der Waals surface area (Å²) in [5, 5.41) is 4.62. The Morgan fingerprint density at radius 1 is 1.35 bits per heavy atom. The van der Waals surface area contributed by atoms with Crippen molar-refractivity contribution in [2.75, 3.05) is 19.8 Å². The van der Waals surface area contributed by atoms with Gasteiger partial charge in [-0.2, -0.15) is 0 Å². The number of fused-ring (bicyclic) bond motifs is 1. The fourth-order valence-electron chi connectivity index (χ4n) is 2.96. The van der Waals surface area contributed by atoms with Gasteiger partial charge in [0, 0.05) is 28.8 Å². The van der Waals surface area contributed by atoms with Crippen LogP contribution in [-0.4, -0.2) is 19.8 Å². The van der Waals surface area contributed by atoms with E-state index in [-0.39, 0.29) is 5.82 Å². The molecule has 1 aliphatic rings. The van der Waals surface area contributed by atoms with E-state index in [9.17, 15) is 4.39 Å². The fraction of sp³-hybridized carbons (Fsp3) is 0.500. The van der Waals surface area contributed by atoms with Gasteiger partial charge in [0.25, 0.3) is 0 Å². The summed E-state index contributed by atoms with van der Waals surface area (Å²) in [5.41, 5.74) is 0. The van der Waals surface area contributed by atoms with Gasteiger partial charge in [-0.15, -0.1) is 11.3 Å². The van der Waals surface area contributed by atoms with Crippen LogP contribution in [0.1, 0.15) is 30.7 Å². The highest BCUT2D eigenvalue weighted by atomic mass is 32.1. The molecule has 1 aromatic heterocycles. The highest BCUT2D eigenvalue weighted by molar-refractivity contribution is 7.19. The molecule has 2 nitrogen and oxygen atoms in total. The lowest BCUT2D eigenvalue weighted by Crippen LogP contribution is -2.31. The van der Waals surface area contributed by atoms with Crippen molar-refractivity contribution < 1.29 is 9.13 Å². The average Bonchev–Trinajstić information content (AvgIpc) is 2.88. The van der Waals surface area contributed by atoms with Crippen molar-refractivity contribution in [2.45, 2.75) is 25.8 Å². The molecule has 2 aromatic rings. The van der Waals surface area contributed by atoms with E-state index in [1.54, 1.807) is 23.5 Å². The predicted octanol–water partition coefficient (Wildman–Crippen LogP) is 4.12. The maximum Gasteiger partial charge on any atom is 0.123 e. The SMILES string of the molecule is CCNC(c1cc2cc(F)ccc2s1)C1CCOCC1. The first-order valence-corrected chi connectivity index (χ1v) is 8.09. The van der Waals surface area contributed by atoms with Crippen molar-refractivity contribution in [1.82, 2.24) is 5.32 Å². The highest BCUT2D eigenvalue weighted by Crippen LogP contribution is 2.37. The quantitative estimate of drug-likeness (QED) is 0.915. The molecule has 3 rings (SSSR count). The summed E-state index contributed by atoms with van der Waals surface area (Å²) in [6, 6.07) is 7.56. The van der Waals surface area contributed by atoms with Crippen molar-refractivity contribution in [2.24, 2.45) is 5.92 Å². The molecule has 0 amide bonds. The molecule has 1 fully saturated rings. The van der Waals surface area contributed by atoms with E-state index < -0.39 is 0 Å². The summed E-state index contributed by atoms with van der Waals surface area (Å²) >= 11 is 1.78. The van der Waals surface area contributed by atoms with Crippen LogP contribution in [0.25, 0.3) is 10.1 Å². The van der Waals surface area contributed by atoms with Gasteiger partial charge in [0.1, 0.15) is 5.82 Å². The summed E-state index contributed by atoms with van der Waals surface area (Å²) in [5.74, 6) is 0.453. The van der Waals surface area contributed by atoms with Crippen LogP contribution in [0, 0.1) is 11.7 Å². The molecule has 108 valence electrons. The van der Waals surface area contributed by atoms with Crippen molar-refractivity contribution in [1.29, 1.82) is 0 Å². The van der Waals surface area contributed by atoms with Gasteiger partial charge in [-0.1, -0.05) is 6.92 Å². The molecule has 1 atom stereocenters. The zero-order valence-electron chi connectivity index (χ0n) is 11.7. The van der Waals surface area contributed by atoms with Gasteiger partial charge < -0.3 is 10.1 Å². The van der Waals surface area contributed by atoms with Crippen molar-refractivity contribution >= 4 is 21.4 Å². The Balaban J connectivity index is 1.91. The van der Waals surface area contributed by atoms with Crippen LogP contribution in [0.3, 0.4) is 0 Å². The van der Waals surface area contributed by atoms with Gasteiger partial charge in [0.2, 0.25) is 0 Å². The topological polar surface area (TPSA) is 21.3 Å². The molecule has 1 N–H and O–H groups in total. The Kier molecular flexibility index (Phi) is 4.34. The number of thiophene rings is 1. The molecule has 1 unspecified atom stereocenters. The van der Waals surface area contributed by atoms with E-state index in [2.05, 4.69) is 18.3 Å². The Hall–Kier alpha value is -0.970. The van der Waals surface area contributed by atoms with Gasteiger partial charge in [0.05, 0.1) is 0 Å². The summed E-state index contributed by atoms with van der Waals surface area (Å²) in [4.78, 5) is 1.32. The molecule has 0 saturated carbocycles. The second kappa shape index (κ2) is 6.20. The number of rotatable bonds is 4. The maximum absolute atomic E-state index is 13.3. The molecule has 1 saturated heterocycles. The molecule has 1 aromatic carbocycles. The molecule has 1 aliphatic heterocycles. The van der Waals surface area contributed by atoms with E-state index in [1.165, 1.54) is 4.88 Å². The molecule has 4 heteroatoms. The first-order chi connectivity index (χ1) is 9.78. The number of ether oxygens (including phenoxy) is 1.